The number of rotatable bonds is 5. The Morgan fingerprint density at radius 1 is 1.03 bits per heavy atom. The third-order valence-corrected chi connectivity index (χ3v) is 6.88. The Bertz CT molecular complexity index is 1060. The average Bonchev–Trinajstić information content (AvgIpc) is 2.81. The summed E-state index contributed by atoms with van der Waals surface area (Å²) in [4.78, 5) is 54.8. The third kappa shape index (κ3) is 4.70. The van der Waals surface area contributed by atoms with Crippen molar-refractivity contribution >= 4 is 46.6 Å². The smallest absolute Gasteiger partial charge is 0.250 e. The molecule has 1 saturated heterocycles. The highest BCUT2D eigenvalue weighted by Gasteiger charge is 2.40. The lowest BCUT2D eigenvalue weighted by Gasteiger charge is -2.36. The Kier molecular flexibility index (Phi) is 6.60. The van der Waals surface area contributed by atoms with Crippen LogP contribution in [-0.4, -0.2) is 53.3 Å². The Morgan fingerprint density at radius 3 is 2.53 bits per heavy atom. The molecular weight excluding hydrogens is 426 g/mol. The Balaban J connectivity index is 1.54. The van der Waals surface area contributed by atoms with E-state index in [1.807, 2.05) is 12.1 Å². The number of carbonyl (C=O) groups is 4. The number of para-hydroxylation sites is 1. The van der Waals surface area contributed by atoms with Crippen molar-refractivity contribution in [1.82, 2.24) is 4.90 Å². The van der Waals surface area contributed by atoms with Crippen LogP contribution < -0.4 is 10.2 Å². The second kappa shape index (κ2) is 9.56. The molecule has 0 bridgehead atoms. The maximum atomic E-state index is 13.3. The van der Waals surface area contributed by atoms with Gasteiger partial charge in [0.15, 0.2) is 11.0 Å². The molecule has 2 aromatic rings. The average molecular weight is 452 g/mol. The zero-order chi connectivity index (χ0) is 22.7. The second-order valence-corrected chi connectivity index (χ2v) is 9.11. The first-order chi connectivity index (χ1) is 15.4. The fourth-order valence-electron chi connectivity index (χ4n) is 3.98. The summed E-state index contributed by atoms with van der Waals surface area (Å²) in [7, 11) is 0. The van der Waals surface area contributed by atoms with Gasteiger partial charge in [-0.2, -0.15) is 0 Å². The number of benzene rings is 2. The monoisotopic (exact) mass is 451 g/mol. The number of fused-ring (bicyclic) bond motifs is 1. The largest absolute Gasteiger partial charge is 0.341 e. The van der Waals surface area contributed by atoms with E-state index < -0.39 is 11.2 Å². The molecule has 0 aliphatic carbocycles. The molecule has 2 aromatic carbocycles. The standard InChI is InChI=1S/C24H25N3O4S/c1-16(28)17-8-7-9-18(14-17)25-21(29)15-27-19-10-3-4-11-20(19)32-22(24(27)31)23(30)26-12-5-2-6-13-26/h3-4,7-11,14,22H,2,5-6,12-13,15H2,1H3,(H,25,29). The van der Waals surface area contributed by atoms with Crippen LogP contribution in [0.3, 0.4) is 0 Å². The first-order valence-corrected chi connectivity index (χ1v) is 11.6. The van der Waals surface area contributed by atoms with Crippen LogP contribution in [0.25, 0.3) is 0 Å². The topological polar surface area (TPSA) is 86.8 Å². The van der Waals surface area contributed by atoms with Crippen molar-refractivity contribution in [2.45, 2.75) is 36.3 Å². The number of hydrogen-bond acceptors (Lipinski definition) is 5. The second-order valence-electron chi connectivity index (χ2n) is 7.96. The summed E-state index contributed by atoms with van der Waals surface area (Å²) in [6, 6.07) is 14.0. The van der Waals surface area contributed by atoms with Gasteiger partial charge in [-0.3, -0.25) is 19.2 Å². The number of amides is 3. The predicted octanol–water partition coefficient (Wildman–Crippen LogP) is 3.35. The van der Waals surface area contributed by atoms with Gasteiger partial charge in [-0.15, -0.1) is 11.8 Å². The third-order valence-electron chi connectivity index (χ3n) is 5.64. The zero-order valence-corrected chi connectivity index (χ0v) is 18.7. The minimum atomic E-state index is -0.892. The van der Waals surface area contributed by atoms with Crippen molar-refractivity contribution in [2.75, 3.05) is 29.9 Å². The molecule has 166 valence electrons. The molecule has 0 saturated carbocycles. The van der Waals surface area contributed by atoms with E-state index in [1.54, 1.807) is 41.3 Å². The van der Waals surface area contributed by atoms with Crippen LogP contribution in [0, 0.1) is 0 Å². The minimum absolute atomic E-state index is 0.0997. The van der Waals surface area contributed by atoms with Gasteiger partial charge in [-0.05, 0) is 50.5 Å². The summed E-state index contributed by atoms with van der Waals surface area (Å²) in [6.07, 6.45) is 2.98. The Labute approximate surface area is 191 Å². The molecule has 7 nitrogen and oxygen atoms in total. The van der Waals surface area contributed by atoms with E-state index in [1.165, 1.54) is 23.6 Å². The van der Waals surface area contributed by atoms with E-state index in [0.717, 1.165) is 24.2 Å². The molecule has 3 amide bonds. The van der Waals surface area contributed by atoms with Crippen molar-refractivity contribution in [3.63, 3.8) is 0 Å². The van der Waals surface area contributed by atoms with Crippen molar-refractivity contribution in [2.24, 2.45) is 0 Å². The summed E-state index contributed by atoms with van der Waals surface area (Å²) in [5.74, 6) is -1.06. The molecular formula is C24H25N3O4S. The number of thioether (sulfide) groups is 1. The zero-order valence-electron chi connectivity index (χ0n) is 17.9. The van der Waals surface area contributed by atoms with E-state index in [-0.39, 0.29) is 24.1 Å². The van der Waals surface area contributed by atoms with Crippen LogP contribution in [0.2, 0.25) is 0 Å². The maximum Gasteiger partial charge on any atom is 0.250 e. The van der Waals surface area contributed by atoms with Gasteiger partial charge in [0.25, 0.3) is 5.91 Å². The van der Waals surface area contributed by atoms with Gasteiger partial charge in [0, 0.05) is 29.2 Å². The highest BCUT2D eigenvalue weighted by atomic mass is 32.2. The first kappa shape index (κ1) is 22.1. The molecule has 0 radical (unpaired) electrons. The number of anilines is 2. The number of piperidine rings is 1. The van der Waals surface area contributed by atoms with E-state index in [4.69, 9.17) is 0 Å². The molecule has 1 atom stereocenters. The lowest BCUT2D eigenvalue weighted by molar-refractivity contribution is -0.135. The minimum Gasteiger partial charge on any atom is -0.341 e. The normalized spacial score (nSPS) is 18.2. The van der Waals surface area contributed by atoms with Crippen LogP contribution in [0.15, 0.2) is 53.4 Å². The number of hydrogen-bond donors (Lipinski definition) is 1. The first-order valence-electron chi connectivity index (χ1n) is 10.7. The molecule has 0 spiro atoms. The van der Waals surface area contributed by atoms with E-state index >= 15 is 0 Å². The summed E-state index contributed by atoms with van der Waals surface area (Å²) in [5, 5.41) is 1.86. The van der Waals surface area contributed by atoms with Gasteiger partial charge in [0.2, 0.25) is 11.8 Å². The lowest BCUT2D eigenvalue weighted by Crippen LogP contribution is -2.52. The highest BCUT2D eigenvalue weighted by Crippen LogP contribution is 2.40. The number of carbonyl (C=O) groups excluding carboxylic acids is 4. The van der Waals surface area contributed by atoms with Crippen molar-refractivity contribution < 1.29 is 19.2 Å². The SMILES string of the molecule is CC(=O)c1cccc(NC(=O)CN2C(=O)C(C(=O)N3CCCCC3)Sc3ccccc32)c1. The van der Waals surface area contributed by atoms with Crippen molar-refractivity contribution in [1.29, 1.82) is 0 Å². The molecule has 1 unspecified atom stereocenters. The van der Waals surface area contributed by atoms with Crippen LogP contribution in [0.4, 0.5) is 11.4 Å². The summed E-state index contributed by atoms with van der Waals surface area (Å²) < 4.78 is 0. The highest BCUT2D eigenvalue weighted by molar-refractivity contribution is 8.01. The van der Waals surface area contributed by atoms with Crippen molar-refractivity contribution in [3.05, 3.63) is 54.1 Å². The van der Waals surface area contributed by atoms with Crippen LogP contribution >= 0.6 is 11.8 Å². The molecule has 1 N–H and O–H groups in total. The Hall–Kier alpha value is -3.13. The maximum absolute atomic E-state index is 13.3. The number of likely N-dealkylation sites (tertiary alicyclic amines) is 1. The van der Waals surface area contributed by atoms with Crippen LogP contribution in [-0.2, 0) is 14.4 Å². The molecule has 2 aliphatic heterocycles. The number of Topliss-reactive ketones (excluding diaryl/α,β-unsaturated/α-hetero) is 1. The molecule has 2 aliphatic rings. The van der Waals surface area contributed by atoms with Gasteiger partial charge in [-0.25, -0.2) is 0 Å². The number of nitrogens with one attached hydrogen (secondary N) is 1. The Morgan fingerprint density at radius 2 is 1.78 bits per heavy atom. The fourth-order valence-corrected chi connectivity index (χ4v) is 5.16. The van der Waals surface area contributed by atoms with Gasteiger partial charge >= 0.3 is 0 Å². The quantitative estimate of drug-likeness (QED) is 0.557. The molecule has 1 fully saturated rings. The van der Waals surface area contributed by atoms with Gasteiger partial charge < -0.3 is 15.1 Å². The fraction of sp³-hybridized carbons (Fsp3) is 0.333. The van der Waals surface area contributed by atoms with Gasteiger partial charge in [0.1, 0.15) is 6.54 Å². The lowest BCUT2D eigenvalue weighted by atomic mass is 10.1. The molecule has 32 heavy (non-hydrogen) atoms. The summed E-state index contributed by atoms with van der Waals surface area (Å²) >= 11 is 1.26. The van der Waals surface area contributed by atoms with Crippen LogP contribution in [0.1, 0.15) is 36.5 Å². The molecule has 8 heteroatoms. The van der Waals surface area contributed by atoms with E-state index in [2.05, 4.69) is 5.32 Å². The summed E-state index contributed by atoms with van der Waals surface area (Å²) in [5.41, 5.74) is 1.60. The molecule has 0 aromatic heterocycles. The molecule has 4 rings (SSSR count). The van der Waals surface area contributed by atoms with Gasteiger partial charge in [-0.1, -0.05) is 24.3 Å². The van der Waals surface area contributed by atoms with E-state index in [0.29, 0.717) is 30.0 Å². The van der Waals surface area contributed by atoms with Crippen molar-refractivity contribution in [3.8, 4) is 0 Å². The summed E-state index contributed by atoms with van der Waals surface area (Å²) in [6.45, 7) is 2.57. The van der Waals surface area contributed by atoms with Gasteiger partial charge in [0.05, 0.1) is 5.69 Å². The number of ketones is 1. The van der Waals surface area contributed by atoms with Crippen LogP contribution in [0.5, 0.6) is 0 Å². The predicted molar refractivity (Wildman–Crippen MR) is 124 cm³/mol. The van der Waals surface area contributed by atoms with E-state index in [9.17, 15) is 19.2 Å². The molecule has 2 heterocycles. The number of nitrogens with zero attached hydrogens (tertiary/aromatic N) is 2.